The second-order valence-corrected chi connectivity index (χ2v) is 7.44. The summed E-state index contributed by atoms with van der Waals surface area (Å²) in [6, 6.07) is 6.98. The predicted molar refractivity (Wildman–Crippen MR) is 82.0 cm³/mol. The fraction of sp³-hybridized carbons (Fsp3) is 0.625. The maximum Gasteiger partial charge on any atom is -0.0209 e. The molecular formula is C16H27P. The van der Waals surface area contributed by atoms with Crippen LogP contribution in [0.15, 0.2) is 18.2 Å². The van der Waals surface area contributed by atoms with Crippen molar-refractivity contribution >= 4 is 13.2 Å². The molecule has 0 amide bonds. The number of unbranched alkanes of at least 4 members (excludes halogenated alkanes) is 2. The summed E-state index contributed by atoms with van der Waals surface area (Å²) >= 11 is 0. The Morgan fingerprint density at radius 3 is 2.06 bits per heavy atom. The topological polar surface area (TPSA) is 0 Å². The molecule has 1 heteroatoms. The first-order chi connectivity index (χ1) is 8.19. The zero-order valence-corrected chi connectivity index (χ0v) is 12.8. The average molecular weight is 250 g/mol. The van der Waals surface area contributed by atoms with E-state index in [2.05, 4.69) is 45.9 Å². The molecule has 0 spiro atoms. The van der Waals surface area contributed by atoms with Crippen LogP contribution in [0.1, 0.15) is 50.7 Å². The van der Waals surface area contributed by atoms with Gasteiger partial charge in [0, 0.05) is 0 Å². The summed E-state index contributed by atoms with van der Waals surface area (Å²) in [7, 11) is 0.0954. The molecule has 0 aliphatic carbocycles. The van der Waals surface area contributed by atoms with Crippen molar-refractivity contribution in [3.05, 3.63) is 29.3 Å². The van der Waals surface area contributed by atoms with E-state index in [4.69, 9.17) is 0 Å². The maximum absolute atomic E-state index is 2.44. The second kappa shape index (κ2) is 7.88. The number of hydrogen-bond acceptors (Lipinski definition) is 0. The van der Waals surface area contributed by atoms with Gasteiger partial charge in [-0.2, -0.15) is 0 Å². The third-order valence-corrected chi connectivity index (χ3v) is 6.14. The van der Waals surface area contributed by atoms with Crippen LogP contribution >= 0.6 is 7.92 Å². The Kier molecular flexibility index (Phi) is 6.82. The molecule has 0 aliphatic heterocycles. The number of aryl methyl sites for hydroxylation is 2. The van der Waals surface area contributed by atoms with Gasteiger partial charge in [0.25, 0.3) is 0 Å². The summed E-state index contributed by atoms with van der Waals surface area (Å²) in [5.41, 5.74) is 2.93. The Hall–Kier alpha value is -0.350. The van der Waals surface area contributed by atoms with E-state index in [-0.39, 0.29) is 7.92 Å². The van der Waals surface area contributed by atoms with Gasteiger partial charge in [0.1, 0.15) is 0 Å². The minimum Gasteiger partial charge on any atom is -0.0750 e. The molecule has 1 aromatic rings. The third-order valence-electron chi connectivity index (χ3n) is 3.27. The first kappa shape index (κ1) is 14.7. The van der Waals surface area contributed by atoms with Crippen LogP contribution in [-0.4, -0.2) is 12.3 Å². The van der Waals surface area contributed by atoms with Crippen molar-refractivity contribution in [1.82, 2.24) is 0 Å². The summed E-state index contributed by atoms with van der Waals surface area (Å²) in [6.07, 6.45) is 8.30. The molecule has 0 unspecified atom stereocenters. The molecule has 0 atom stereocenters. The second-order valence-electron chi connectivity index (χ2n) is 4.98. The van der Waals surface area contributed by atoms with E-state index in [0.717, 1.165) is 0 Å². The molecule has 0 aliphatic rings. The van der Waals surface area contributed by atoms with E-state index in [0.29, 0.717) is 0 Å². The minimum atomic E-state index is 0.0954. The van der Waals surface area contributed by atoms with Crippen molar-refractivity contribution in [2.24, 2.45) is 0 Å². The van der Waals surface area contributed by atoms with Crippen molar-refractivity contribution in [2.75, 3.05) is 12.3 Å². The van der Waals surface area contributed by atoms with Crippen molar-refractivity contribution in [2.45, 2.75) is 53.4 Å². The highest BCUT2D eigenvalue weighted by molar-refractivity contribution is 7.65. The van der Waals surface area contributed by atoms with Crippen LogP contribution in [0.4, 0.5) is 0 Å². The lowest BCUT2D eigenvalue weighted by Crippen LogP contribution is -2.11. The fourth-order valence-electron chi connectivity index (χ4n) is 2.11. The average Bonchev–Trinajstić information content (AvgIpc) is 2.33. The Bertz CT molecular complexity index is 322. The molecular weight excluding hydrogens is 223 g/mol. The molecule has 0 saturated carbocycles. The van der Waals surface area contributed by atoms with E-state index >= 15 is 0 Å². The molecule has 0 fully saturated rings. The summed E-state index contributed by atoms with van der Waals surface area (Å²) < 4.78 is 0. The van der Waals surface area contributed by atoms with Crippen LogP contribution in [0.2, 0.25) is 0 Å². The summed E-state index contributed by atoms with van der Waals surface area (Å²) in [5, 5.41) is 1.67. The Morgan fingerprint density at radius 2 is 1.53 bits per heavy atom. The lowest BCUT2D eigenvalue weighted by molar-refractivity contribution is 0.870. The monoisotopic (exact) mass is 250 g/mol. The van der Waals surface area contributed by atoms with Gasteiger partial charge in [0.15, 0.2) is 0 Å². The van der Waals surface area contributed by atoms with Crippen molar-refractivity contribution < 1.29 is 0 Å². The lowest BCUT2D eigenvalue weighted by Gasteiger charge is -2.20. The molecule has 0 saturated heterocycles. The number of benzene rings is 1. The van der Waals surface area contributed by atoms with Gasteiger partial charge in [-0.15, -0.1) is 0 Å². The minimum absolute atomic E-state index is 0.0954. The van der Waals surface area contributed by atoms with Gasteiger partial charge in [-0.25, -0.2) is 0 Å². The van der Waals surface area contributed by atoms with Gasteiger partial charge in [-0.3, -0.25) is 0 Å². The van der Waals surface area contributed by atoms with Gasteiger partial charge in [0.05, 0.1) is 0 Å². The zero-order chi connectivity index (χ0) is 12.7. The molecule has 0 bridgehead atoms. The first-order valence-corrected chi connectivity index (χ1v) is 8.72. The lowest BCUT2D eigenvalue weighted by atomic mass is 10.2. The van der Waals surface area contributed by atoms with Crippen LogP contribution in [0.5, 0.6) is 0 Å². The van der Waals surface area contributed by atoms with Crippen molar-refractivity contribution in [1.29, 1.82) is 0 Å². The summed E-state index contributed by atoms with van der Waals surface area (Å²) in [4.78, 5) is 0. The number of hydrogen-bond donors (Lipinski definition) is 0. The fourth-order valence-corrected chi connectivity index (χ4v) is 5.17. The van der Waals surface area contributed by atoms with Crippen LogP contribution in [0.25, 0.3) is 0 Å². The molecule has 0 heterocycles. The van der Waals surface area contributed by atoms with Gasteiger partial charge in [-0.05, 0) is 49.9 Å². The van der Waals surface area contributed by atoms with Crippen LogP contribution in [0, 0.1) is 13.8 Å². The zero-order valence-electron chi connectivity index (χ0n) is 11.9. The molecule has 0 nitrogen and oxygen atoms in total. The Labute approximate surface area is 109 Å². The van der Waals surface area contributed by atoms with E-state index in [1.54, 1.807) is 5.30 Å². The highest BCUT2D eigenvalue weighted by Gasteiger charge is 2.12. The van der Waals surface area contributed by atoms with E-state index in [1.165, 1.54) is 49.1 Å². The molecule has 1 rings (SSSR count). The quantitative estimate of drug-likeness (QED) is 0.597. The van der Waals surface area contributed by atoms with Gasteiger partial charge < -0.3 is 0 Å². The van der Waals surface area contributed by atoms with Crippen LogP contribution in [-0.2, 0) is 0 Å². The van der Waals surface area contributed by atoms with Crippen molar-refractivity contribution in [3.8, 4) is 0 Å². The first-order valence-electron chi connectivity index (χ1n) is 7.01. The Morgan fingerprint density at radius 1 is 0.941 bits per heavy atom. The standard InChI is InChI=1S/C16H27P/c1-5-7-11-17(12-8-6-2)16-13-14(3)9-10-15(16)4/h9-10,13H,5-8,11-12H2,1-4H3. The molecule has 96 valence electrons. The Balaban J connectivity index is 2.82. The van der Waals surface area contributed by atoms with E-state index in [1.807, 2.05) is 0 Å². The highest BCUT2D eigenvalue weighted by atomic mass is 31.1. The summed E-state index contributed by atoms with van der Waals surface area (Å²) in [5.74, 6) is 0. The summed E-state index contributed by atoms with van der Waals surface area (Å²) in [6.45, 7) is 9.10. The van der Waals surface area contributed by atoms with Gasteiger partial charge >= 0.3 is 0 Å². The predicted octanol–water partition coefficient (Wildman–Crippen LogP) is 5.01. The maximum atomic E-state index is 2.44. The van der Waals surface area contributed by atoms with Crippen LogP contribution in [0.3, 0.4) is 0 Å². The SMILES string of the molecule is CCCCP(CCCC)c1cc(C)ccc1C. The normalized spacial score (nSPS) is 11.1. The van der Waals surface area contributed by atoms with Gasteiger partial charge in [0.2, 0.25) is 0 Å². The molecule has 0 aromatic heterocycles. The number of rotatable bonds is 7. The van der Waals surface area contributed by atoms with E-state index in [9.17, 15) is 0 Å². The van der Waals surface area contributed by atoms with Crippen LogP contribution < -0.4 is 5.30 Å². The third kappa shape index (κ3) is 4.80. The smallest absolute Gasteiger partial charge is 0.0209 e. The van der Waals surface area contributed by atoms with Crippen molar-refractivity contribution in [3.63, 3.8) is 0 Å². The largest absolute Gasteiger partial charge is 0.0750 e. The molecule has 0 radical (unpaired) electrons. The molecule has 17 heavy (non-hydrogen) atoms. The van der Waals surface area contributed by atoms with Gasteiger partial charge in [-0.1, -0.05) is 58.4 Å². The highest BCUT2D eigenvalue weighted by Crippen LogP contribution is 2.38. The van der Waals surface area contributed by atoms with E-state index < -0.39 is 0 Å². The molecule has 0 N–H and O–H groups in total. The molecule has 1 aromatic carbocycles.